The first-order valence-corrected chi connectivity index (χ1v) is 5.04. The maximum absolute atomic E-state index is 9.82. The van der Waals surface area contributed by atoms with Crippen molar-refractivity contribution in [2.45, 2.75) is 19.8 Å². The number of fused-ring (bicyclic) bond motifs is 1. The number of rotatable bonds is 2. The van der Waals surface area contributed by atoms with Crippen molar-refractivity contribution >= 4 is 16.8 Å². The van der Waals surface area contributed by atoms with E-state index in [1.54, 1.807) is 0 Å². The highest BCUT2D eigenvalue weighted by molar-refractivity contribution is 5.78. The van der Waals surface area contributed by atoms with Crippen LogP contribution >= 0.6 is 0 Å². The molecule has 2 rings (SSSR count). The van der Waals surface area contributed by atoms with Gasteiger partial charge in [-0.3, -0.25) is 4.79 Å². The molecule has 1 amide bonds. The molecule has 3 N–H and O–H groups in total. The number of hydrogen-bond donors (Lipinski definition) is 2. The number of aromatic amines is 1. The van der Waals surface area contributed by atoms with Gasteiger partial charge in [0.25, 0.3) is 0 Å². The Morgan fingerprint density at radius 2 is 2.07 bits per heavy atom. The quantitative estimate of drug-likeness (QED) is 0.775. The van der Waals surface area contributed by atoms with E-state index in [2.05, 4.69) is 23.2 Å². The van der Waals surface area contributed by atoms with Gasteiger partial charge in [-0.05, 0) is 23.9 Å². The zero-order valence-corrected chi connectivity index (χ0v) is 8.86. The van der Waals surface area contributed by atoms with Gasteiger partial charge in [-0.2, -0.15) is 0 Å². The van der Waals surface area contributed by atoms with Crippen molar-refractivity contribution in [1.29, 1.82) is 0 Å². The molecule has 80 valence electrons. The average molecular weight is 204 g/mol. The second kappa shape index (κ2) is 5.86. The fourth-order valence-electron chi connectivity index (χ4n) is 1.24. The van der Waals surface area contributed by atoms with Gasteiger partial charge in [0.1, 0.15) is 0 Å². The summed E-state index contributed by atoms with van der Waals surface area (Å²) in [6, 6.07) is 10.3. The molecule has 0 radical (unpaired) electrons. The molecule has 1 heterocycles. The van der Waals surface area contributed by atoms with Crippen LogP contribution in [0.25, 0.3) is 10.9 Å². The van der Waals surface area contributed by atoms with Gasteiger partial charge in [0.2, 0.25) is 5.91 Å². The predicted molar refractivity (Wildman–Crippen MR) is 62.4 cm³/mol. The first kappa shape index (κ1) is 11.3. The summed E-state index contributed by atoms with van der Waals surface area (Å²) in [5.74, 6) is -0.211. The van der Waals surface area contributed by atoms with Gasteiger partial charge < -0.3 is 10.7 Å². The molecule has 0 aliphatic heterocycles. The summed E-state index contributed by atoms with van der Waals surface area (Å²) < 4.78 is 0. The third-order valence-electron chi connectivity index (χ3n) is 1.96. The summed E-state index contributed by atoms with van der Waals surface area (Å²) >= 11 is 0. The molecule has 0 aliphatic rings. The Labute approximate surface area is 89.3 Å². The van der Waals surface area contributed by atoms with Gasteiger partial charge in [0.15, 0.2) is 0 Å². The molecule has 0 saturated heterocycles. The van der Waals surface area contributed by atoms with E-state index >= 15 is 0 Å². The predicted octanol–water partition coefficient (Wildman–Crippen LogP) is 2.44. The first-order valence-electron chi connectivity index (χ1n) is 5.04. The Morgan fingerprint density at radius 1 is 1.33 bits per heavy atom. The van der Waals surface area contributed by atoms with E-state index in [0.717, 1.165) is 6.42 Å². The second-order valence-electron chi connectivity index (χ2n) is 3.28. The minimum absolute atomic E-state index is 0.211. The Balaban J connectivity index is 0.000000167. The summed E-state index contributed by atoms with van der Waals surface area (Å²) in [4.78, 5) is 12.9. The van der Waals surface area contributed by atoms with Crippen molar-refractivity contribution in [3.8, 4) is 0 Å². The van der Waals surface area contributed by atoms with Crippen LogP contribution in [0.3, 0.4) is 0 Å². The van der Waals surface area contributed by atoms with Crippen LogP contribution in [0.15, 0.2) is 36.5 Å². The van der Waals surface area contributed by atoms with Crippen LogP contribution in [0, 0.1) is 0 Å². The summed E-state index contributed by atoms with van der Waals surface area (Å²) in [6.07, 6.45) is 3.32. The number of H-pyrrole nitrogens is 1. The third kappa shape index (κ3) is 3.85. The lowest BCUT2D eigenvalue weighted by Gasteiger charge is -1.83. The molecule has 0 fully saturated rings. The minimum atomic E-state index is -0.211. The molecule has 1 aromatic heterocycles. The maximum Gasteiger partial charge on any atom is 0.217 e. The van der Waals surface area contributed by atoms with Gasteiger partial charge in [-0.25, -0.2) is 0 Å². The number of nitrogens with one attached hydrogen (secondary N) is 1. The topological polar surface area (TPSA) is 58.9 Å². The molecule has 3 nitrogen and oxygen atoms in total. The van der Waals surface area contributed by atoms with Crippen LogP contribution in [0.2, 0.25) is 0 Å². The molecule has 0 unspecified atom stereocenters. The number of benzene rings is 1. The van der Waals surface area contributed by atoms with Gasteiger partial charge in [-0.15, -0.1) is 0 Å². The summed E-state index contributed by atoms with van der Waals surface area (Å²) in [7, 11) is 0. The Kier molecular flexibility index (Phi) is 4.41. The van der Waals surface area contributed by atoms with E-state index in [4.69, 9.17) is 5.73 Å². The Bertz CT molecular complexity index is 390. The molecule has 1 aromatic carbocycles. The molecular formula is C12H16N2O. The van der Waals surface area contributed by atoms with E-state index in [9.17, 15) is 4.79 Å². The third-order valence-corrected chi connectivity index (χ3v) is 1.96. The highest BCUT2D eigenvalue weighted by Crippen LogP contribution is 2.09. The number of carbonyl (C=O) groups excluding carboxylic acids is 1. The highest BCUT2D eigenvalue weighted by atomic mass is 16.1. The van der Waals surface area contributed by atoms with Crippen LogP contribution in [0.1, 0.15) is 19.8 Å². The lowest BCUT2D eigenvalue weighted by atomic mass is 10.3. The van der Waals surface area contributed by atoms with E-state index in [-0.39, 0.29) is 5.91 Å². The van der Waals surface area contributed by atoms with Gasteiger partial charge in [-0.1, -0.05) is 25.1 Å². The van der Waals surface area contributed by atoms with Gasteiger partial charge in [0.05, 0.1) is 0 Å². The van der Waals surface area contributed by atoms with E-state index in [1.165, 1.54) is 10.9 Å². The normalized spacial score (nSPS) is 9.40. The van der Waals surface area contributed by atoms with Crippen LogP contribution in [0.5, 0.6) is 0 Å². The minimum Gasteiger partial charge on any atom is -0.370 e. The second-order valence-corrected chi connectivity index (χ2v) is 3.28. The lowest BCUT2D eigenvalue weighted by Crippen LogP contribution is -2.08. The zero-order valence-electron chi connectivity index (χ0n) is 8.86. The molecule has 0 bridgehead atoms. The largest absolute Gasteiger partial charge is 0.370 e. The lowest BCUT2D eigenvalue weighted by molar-refractivity contribution is -0.118. The summed E-state index contributed by atoms with van der Waals surface area (Å²) in [5.41, 5.74) is 5.97. The van der Waals surface area contributed by atoms with Crippen LogP contribution in [-0.4, -0.2) is 10.9 Å². The van der Waals surface area contributed by atoms with Crippen molar-refractivity contribution in [1.82, 2.24) is 4.98 Å². The van der Waals surface area contributed by atoms with E-state index < -0.39 is 0 Å². The molecule has 0 atom stereocenters. The van der Waals surface area contributed by atoms with Gasteiger partial charge in [0, 0.05) is 18.1 Å². The van der Waals surface area contributed by atoms with Crippen molar-refractivity contribution < 1.29 is 4.79 Å². The first-order chi connectivity index (χ1) is 7.24. The number of hydrogen-bond acceptors (Lipinski definition) is 1. The van der Waals surface area contributed by atoms with Crippen LogP contribution < -0.4 is 5.73 Å². The van der Waals surface area contributed by atoms with E-state index in [1.807, 2.05) is 25.3 Å². The van der Waals surface area contributed by atoms with Crippen molar-refractivity contribution in [2.75, 3.05) is 0 Å². The number of carbonyl (C=O) groups is 1. The van der Waals surface area contributed by atoms with Crippen LogP contribution in [-0.2, 0) is 4.79 Å². The summed E-state index contributed by atoms with van der Waals surface area (Å²) in [5, 5.41) is 1.28. The standard InChI is InChI=1S/C8H7N.C4H9NO/c1-2-4-8-7(3-1)5-6-9-8;1-2-3-4(5)6/h1-6,9H;2-3H2,1H3,(H2,5,6). The number of primary amides is 1. The number of para-hydroxylation sites is 1. The zero-order chi connectivity index (χ0) is 11.1. The Hall–Kier alpha value is -1.77. The highest BCUT2D eigenvalue weighted by Gasteiger charge is 1.86. The van der Waals surface area contributed by atoms with Crippen LogP contribution in [0.4, 0.5) is 0 Å². The molecule has 3 heteroatoms. The smallest absolute Gasteiger partial charge is 0.217 e. The fraction of sp³-hybridized carbons (Fsp3) is 0.250. The van der Waals surface area contributed by atoms with Crippen molar-refractivity contribution in [3.63, 3.8) is 0 Å². The fourth-order valence-corrected chi connectivity index (χ4v) is 1.24. The molecule has 0 saturated carbocycles. The molecular weight excluding hydrogens is 188 g/mol. The number of nitrogens with two attached hydrogens (primary N) is 1. The van der Waals surface area contributed by atoms with Gasteiger partial charge >= 0.3 is 0 Å². The number of aromatic nitrogens is 1. The molecule has 2 aromatic rings. The SMILES string of the molecule is CCCC(N)=O.c1ccc2[nH]ccc2c1. The van der Waals surface area contributed by atoms with E-state index in [0.29, 0.717) is 6.42 Å². The molecule has 0 spiro atoms. The summed E-state index contributed by atoms with van der Waals surface area (Å²) in [6.45, 7) is 1.92. The van der Waals surface area contributed by atoms with Crippen molar-refractivity contribution in [2.24, 2.45) is 5.73 Å². The average Bonchev–Trinajstić information content (AvgIpc) is 2.65. The molecule has 15 heavy (non-hydrogen) atoms. The Morgan fingerprint density at radius 3 is 2.60 bits per heavy atom. The monoisotopic (exact) mass is 204 g/mol. The maximum atomic E-state index is 9.82. The number of amides is 1. The molecule has 0 aliphatic carbocycles. The van der Waals surface area contributed by atoms with Crippen molar-refractivity contribution in [3.05, 3.63) is 36.5 Å².